The molecule has 0 aromatic heterocycles. The molecule has 156 valence electrons. The summed E-state index contributed by atoms with van der Waals surface area (Å²) < 4.78 is 66.2. The summed E-state index contributed by atoms with van der Waals surface area (Å²) in [4.78, 5) is 11.9. The molecule has 1 unspecified atom stereocenters. The number of halogens is 3. The summed E-state index contributed by atoms with van der Waals surface area (Å²) in [6, 6.07) is 3.80. The molecule has 0 radical (unpaired) electrons. The van der Waals surface area contributed by atoms with Gasteiger partial charge in [0.2, 0.25) is 15.9 Å². The van der Waals surface area contributed by atoms with Crippen molar-refractivity contribution in [2.75, 3.05) is 13.1 Å². The van der Waals surface area contributed by atoms with Crippen molar-refractivity contribution >= 4 is 15.9 Å². The first-order valence-electron chi connectivity index (χ1n) is 9.55. The van der Waals surface area contributed by atoms with E-state index in [1.807, 2.05) is 0 Å². The highest BCUT2D eigenvalue weighted by atomic mass is 32.2. The van der Waals surface area contributed by atoms with Crippen molar-refractivity contribution in [3.63, 3.8) is 0 Å². The van der Waals surface area contributed by atoms with Gasteiger partial charge in [-0.3, -0.25) is 4.79 Å². The van der Waals surface area contributed by atoms with Gasteiger partial charge in [-0.2, -0.15) is 17.5 Å². The van der Waals surface area contributed by atoms with Crippen LogP contribution < -0.4 is 5.73 Å². The van der Waals surface area contributed by atoms with E-state index < -0.39 is 33.1 Å². The Kier molecular flexibility index (Phi) is 5.78. The zero-order chi connectivity index (χ0) is 20.6. The number of primary amides is 1. The summed E-state index contributed by atoms with van der Waals surface area (Å²) in [7, 11) is -4.09. The lowest BCUT2D eigenvalue weighted by Crippen LogP contribution is -2.52. The van der Waals surface area contributed by atoms with Crippen molar-refractivity contribution in [1.82, 2.24) is 4.31 Å². The molecule has 1 saturated carbocycles. The second-order valence-electron chi connectivity index (χ2n) is 7.81. The second kappa shape index (κ2) is 7.67. The normalized spacial score (nSPS) is 24.0. The van der Waals surface area contributed by atoms with Crippen LogP contribution in [0.5, 0.6) is 0 Å². The SMILES string of the molecule is NC(=O)C1(C2CCCN(S(=O)(=O)c3cccc(C(F)(F)F)c3)C2)CCCCC1. The van der Waals surface area contributed by atoms with Crippen LogP contribution in [-0.4, -0.2) is 31.7 Å². The lowest BCUT2D eigenvalue weighted by atomic mass is 9.63. The Hall–Kier alpha value is -1.61. The number of nitrogens with zero attached hydrogens (tertiary/aromatic N) is 1. The molecule has 1 heterocycles. The average Bonchev–Trinajstić information content (AvgIpc) is 2.68. The van der Waals surface area contributed by atoms with Crippen LogP contribution in [0, 0.1) is 11.3 Å². The number of carbonyl (C=O) groups is 1. The minimum atomic E-state index is -4.62. The van der Waals surface area contributed by atoms with Crippen LogP contribution >= 0.6 is 0 Å². The topological polar surface area (TPSA) is 80.5 Å². The lowest BCUT2D eigenvalue weighted by Gasteiger charge is -2.45. The van der Waals surface area contributed by atoms with Crippen LogP contribution in [-0.2, 0) is 21.0 Å². The average molecular weight is 418 g/mol. The zero-order valence-corrected chi connectivity index (χ0v) is 16.4. The summed E-state index contributed by atoms with van der Waals surface area (Å²) in [5.74, 6) is -0.602. The smallest absolute Gasteiger partial charge is 0.369 e. The van der Waals surface area contributed by atoms with Gasteiger partial charge in [0.05, 0.1) is 15.9 Å². The van der Waals surface area contributed by atoms with E-state index in [1.165, 1.54) is 10.4 Å². The van der Waals surface area contributed by atoms with Gasteiger partial charge in [0.1, 0.15) is 0 Å². The number of benzene rings is 1. The van der Waals surface area contributed by atoms with E-state index in [4.69, 9.17) is 5.73 Å². The van der Waals surface area contributed by atoms with E-state index >= 15 is 0 Å². The number of carbonyl (C=O) groups excluding carboxylic acids is 1. The predicted molar refractivity (Wildman–Crippen MR) is 97.6 cm³/mol. The van der Waals surface area contributed by atoms with Gasteiger partial charge >= 0.3 is 6.18 Å². The van der Waals surface area contributed by atoms with E-state index in [9.17, 15) is 26.4 Å². The summed E-state index contributed by atoms with van der Waals surface area (Å²) in [6.07, 6.45) is 0.687. The molecule has 1 amide bonds. The molecule has 2 fully saturated rings. The Bertz CT molecular complexity index is 833. The number of piperidine rings is 1. The molecule has 9 heteroatoms. The first-order chi connectivity index (χ1) is 13.1. The Morgan fingerprint density at radius 3 is 2.43 bits per heavy atom. The van der Waals surface area contributed by atoms with Gasteiger partial charge in [-0.1, -0.05) is 25.3 Å². The molecule has 2 aliphatic rings. The van der Waals surface area contributed by atoms with Gasteiger partial charge < -0.3 is 5.73 Å². The number of alkyl halides is 3. The van der Waals surface area contributed by atoms with E-state index in [1.54, 1.807) is 0 Å². The molecular formula is C19H25F3N2O3S. The number of nitrogens with two attached hydrogens (primary N) is 1. The van der Waals surface area contributed by atoms with Crippen molar-refractivity contribution in [3.8, 4) is 0 Å². The van der Waals surface area contributed by atoms with Crippen molar-refractivity contribution in [3.05, 3.63) is 29.8 Å². The maximum Gasteiger partial charge on any atom is 0.416 e. The Morgan fingerprint density at radius 2 is 1.82 bits per heavy atom. The molecule has 0 spiro atoms. The van der Waals surface area contributed by atoms with Gasteiger partial charge in [-0.05, 0) is 49.8 Å². The molecule has 2 N–H and O–H groups in total. The zero-order valence-electron chi connectivity index (χ0n) is 15.5. The number of hydrogen-bond acceptors (Lipinski definition) is 3. The molecule has 1 saturated heterocycles. The standard InChI is InChI=1S/C19H25F3N2O3S/c20-19(21,22)14-6-4-8-16(12-14)28(26,27)24-11-5-7-15(13-24)18(17(23)25)9-2-1-3-10-18/h4,6,8,12,15H,1-3,5,7,9-11,13H2,(H2,23,25). The molecule has 28 heavy (non-hydrogen) atoms. The van der Waals surface area contributed by atoms with E-state index in [-0.39, 0.29) is 23.9 Å². The number of sulfonamides is 1. The fourth-order valence-corrected chi connectivity index (χ4v) is 6.20. The van der Waals surface area contributed by atoms with Crippen LogP contribution in [0.2, 0.25) is 0 Å². The molecule has 1 aromatic rings. The highest BCUT2D eigenvalue weighted by molar-refractivity contribution is 7.89. The highest BCUT2D eigenvalue weighted by Crippen LogP contribution is 2.46. The minimum absolute atomic E-state index is 0.113. The quantitative estimate of drug-likeness (QED) is 0.812. The molecule has 3 rings (SSSR count). The van der Waals surface area contributed by atoms with Crippen LogP contribution in [0.1, 0.15) is 50.5 Å². The number of rotatable bonds is 4. The van der Waals surface area contributed by atoms with Gasteiger partial charge in [0.25, 0.3) is 0 Å². The molecule has 1 aliphatic carbocycles. The number of amides is 1. The van der Waals surface area contributed by atoms with Gasteiger partial charge in [-0.25, -0.2) is 8.42 Å². The highest BCUT2D eigenvalue weighted by Gasteiger charge is 2.47. The summed E-state index contributed by atoms with van der Waals surface area (Å²) in [6.45, 7) is 0.339. The van der Waals surface area contributed by atoms with Crippen molar-refractivity contribution in [1.29, 1.82) is 0 Å². The molecule has 1 aliphatic heterocycles. The van der Waals surface area contributed by atoms with Crippen molar-refractivity contribution in [2.24, 2.45) is 17.1 Å². The third-order valence-corrected chi connectivity index (χ3v) is 8.06. The Morgan fingerprint density at radius 1 is 1.14 bits per heavy atom. The Balaban J connectivity index is 1.88. The fraction of sp³-hybridized carbons (Fsp3) is 0.632. The first kappa shape index (κ1) is 21.1. The summed E-state index contributed by atoms with van der Waals surface area (Å²) in [5.41, 5.74) is 4.02. The van der Waals surface area contributed by atoms with Crippen LogP contribution in [0.4, 0.5) is 13.2 Å². The predicted octanol–water partition coefficient (Wildman–Crippen LogP) is 3.54. The summed E-state index contributed by atoms with van der Waals surface area (Å²) in [5, 5.41) is 0. The van der Waals surface area contributed by atoms with E-state index in [0.29, 0.717) is 31.7 Å². The van der Waals surface area contributed by atoms with Crippen LogP contribution in [0.3, 0.4) is 0 Å². The minimum Gasteiger partial charge on any atom is -0.369 e. The fourth-order valence-electron chi connectivity index (χ4n) is 4.63. The first-order valence-corrected chi connectivity index (χ1v) is 11.0. The van der Waals surface area contributed by atoms with Gasteiger partial charge in [0.15, 0.2) is 0 Å². The van der Waals surface area contributed by atoms with Crippen LogP contribution in [0.15, 0.2) is 29.2 Å². The molecule has 1 aromatic carbocycles. The van der Waals surface area contributed by atoms with Gasteiger partial charge in [-0.15, -0.1) is 0 Å². The number of hydrogen-bond donors (Lipinski definition) is 1. The second-order valence-corrected chi connectivity index (χ2v) is 9.75. The van der Waals surface area contributed by atoms with E-state index in [2.05, 4.69) is 0 Å². The molecule has 0 bridgehead atoms. The van der Waals surface area contributed by atoms with Gasteiger partial charge in [0, 0.05) is 13.1 Å². The molecular weight excluding hydrogens is 393 g/mol. The summed E-state index contributed by atoms with van der Waals surface area (Å²) >= 11 is 0. The van der Waals surface area contributed by atoms with Crippen molar-refractivity contribution < 1.29 is 26.4 Å². The third-order valence-electron chi connectivity index (χ3n) is 6.20. The van der Waals surface area contributed by atoms with Crippen LogP contribution in [0.25, 0.3) is 0 Å². The monoisotopic (exact) mass is 418 g/mol. The Labute approximate surface area is 163 Å². The maximum atomic E-state index is 13.0. The maximum absolute atomic E-state index is 13.0. The van der Waals surface area contributed by atoms with E-state index in [0.717, 1.165) is 31.4 Å². The lowest BCUT2D eigenvalue weighted by molar-refractivity contribution is -0.138. The molecule has 5 nitrogen and oxygen atoms in total. The largest absolute Gasteiger partial charge is 0.416 e. The molecule has 1 atom stereocenters. The van der Waals surface area contributed by atoms with Crippen molar-refractivity contribution in [2.45, 2.75) is 56.0 Å². The third kappa shape index (κ3) is 3.91.